The molecule has 2 rings (SSSR count). The van der Waals surface area contributed by atoms with Crippen molar-refractivity contribution in [3.8, 4) is 0 Å². The molecule has 16 heavy (non-hydrogen) atoms. The Hall–Kier alpha value is -0.920. The van der Waals surface area contributed by atoms with Gasteiger partial charge in [0.25, 0.3) is 0 Å². The van der Waals surface area contributed by atoms with Crippen molar-refractivity contribution in [1.29, 1.82) is 0 Å². The number of nitrogens with zero attached hydrogens (tertiary/aromatic N) is 1. The minimum absolute atomic E-state index is 0.187. The SMILES string of the molecule is O=S(=O)(NCCC1CCCN1)c1cn[nH]c1. The molecule has 0 spiro atoms. The Kier molecular flexibility index (Phi) is 3.57. The summed E-state index contributed by atoms with van der Waals surface area (Å²) in [7, 11) is -3.38. The number of H-pyrrole nitrogens is 1. The van der Waals surface area contributed by atoms with Crippen molar-refractivity contribution in [3.05, 3.63) is 12.4 Å². The summed E-state index contributed by atoms with van der Waals surface area (Å²) in [5.74, 6) is 0. The van der Waals surface area contributed by atoms with E-state index in [1.807, 2.05) is 0 Å². The summed E-state index contributed by atoms with van der Waals surface area (Å²) < 4.78 is 25.9. The van der Waals surface area contributed by atoms with Gasteiger partial charge in [-0.05, 0) is 25.8 Å². The summed E-state index contributed by atoms with van der Waals surface area (Å²) in [6.07, 6.45) is 5.82. The maximum Gasteiger partial charge on any atom is 0.243 e. The van der Waals surface area contributed by atoms with Crippen molar-refractivity contribution in [2.24, 2.45) is 0 Å². The molecule has 1 fully saturated rings. The molecule has 2 heterocycles. The van der Waals surface area contributed by atoms with Crippen LogP contribution in [-0.2, 0) is 10.0 Å². The maximum absolute atomic E-state index is 11.7. The van der Waals surface area contributed by atoms with E-state index in [4.69, 9.17) is 0 Å². The third kappa shape index (κ3) is 2.81. The van der Waals surface area contributed by atoms with Crippen LogP contribution in [0.4, 0.5) is 0 Å². The lowest BCUT2D eigenvalue weighted by atomic mass is 10.2. The van der Waals surface area contributed by atoms with Crippen molar-refractivity contribution in [1.82, 2.24) is 20.2 Å². The number of rotatable bonds is 5. The molecule has 1 unspecified atom stereocenters. The monoisotopic (exact) mass is 244 g/mol. The largest absolute Gasteiger partial charge is 0.314 e. The van der Waals surface area contributed by atoms with E-state index in [0.29, 0.717) is 12.6 Å². The first-order valence-corrected chi connectivity index (χ1v) is 6.88. The molecule has 3 N–H and O–H groups in total. The van der Waals surface area contributed by atoms with Crippen molar-refractivity contribution < 1.29 is 8.42 Å². The smallest absolute Gasteiger partial charge is 0.243 e. The van der Waals surface area contributed by atoms with Crippen LogP contribution in [0.5, 0.6) is 0 Å². The Morgan fingerprint density at radius 2 is 2.44 bits per heavy atom. The van der Waals surface area contributed by atoms with E-state index in [1.54, 1.807) is 0 Å². The first-order valence-electron chi connectivity index (χ1n) is 5.40. The number of hydrogen-bond donors (Lipinski definition) is 3. The van der Waals surface area contributed by atoms with Crippen LogP contribution in [0, 0.1) is 0 Å². The van der Waals surface area contributed by atoms with Crippen LogP contribution < -0.4 is 10.0 Å². The molecule has 0 aliphatic carbocycles. The molecule has 0 bridgehead atoms. The Morgan fingerprint density at radius 3 is 3.06 bits per heavy atom. The molecule has 0 radical (unpaired) electrons. The zero-order valence-electron chi connectivity index (χ0n) is 8.94. The molecule has 1 saturated heterocycles. The van der Waals surface area contributed by atoms with E-state index in [2.05, 4.69) is 20.2 Å². The van der Waals surface area contributed by atoms with Crippen LogP contribution in [0.25, 0.3) is 0 Å². The van der Waals surface area contributed by atoms with Crippen LogP contribution >= 0.6 is 0 Å². The normalized spacial score (nSPS) is 21.4. The third-order valence-corrected chi connectivity index (χ3v) is 4.16. The molecule has 7 heteroatoms. The zero-order chi connectivity index (χ0) is 11.4. The molecule has 1 aliphatic rings. The van der Waals surface area contributed by atoms with Gasteiger partial charge < -0.3 is 5.32 Å². The predicted octanol–water partition coefficient (Wildman–Crippen LogP) is -0.170. The quantitative estimate of drug-likeness (QED) is 0.671. The molecular formula is C9H16N4O2S. The van der Waals surface area contributed by atoms with Crippen LogP contribution in [0.2, 0.25) is 0 Å². The van der Waals surface area contributed by atoms with Gasteiger partial charge in [-0.25, -0.2) is 13.1 Å². The van der Waals surface area contributed by atoms with Gasteiger partial charge >= 0.3 is 0 Å². The van der Waals surface area contributed by atoms with E-state index < -0.39 is 10.0 Å². The highest BCUT2D eigenvalue weighted by atomic mass is 32.2. The molecule has 0 amide bonds. The zero-order valence-corrected chi connectivity index (χ0v) is 9.76. The lowest BCUT2D eigenvalue weighted by Gasteiger charge is -2.10. The predicted molar refractivity (Wildman–Crippen MR) is 59.4 cm³/mol. The molecule has 1 aromatic heterocycles. The molecule has 0 aromatic carbocycles. The minimum atomic E-state index is -3.38. The van der Waals surface area contributed by atoms with Gasteiger partial charge in [0.2, 0.25) is 10.0 Å². The standard InChI is InChI=1S/C9H16N4O2S/c14-16(15,9-6-11-12-7-9)13-5-3-8-2-1-4-10-8/h6-8,10,13H,1-5H2,(H,11,12). The van der Waals surface area contributed by atoms with Gasteiger partial charge in [0, 0.05) is 18.8 Å². The van der Waals surface area contributed by atoms with Crippen molar-refractivity contribution in [3.63, 3.8) is 0 Å². The fourth-order valence-electron chi connectivity index (χ4n) is 1.84. The fourth-order valence-corrected chi connectivity index (χ4v) is 2.79. The molecule has 0 saturated carbocycles. The number of aromatic nitrogens is 2. The minimum Gasteiger partial charge on any atom is -0.314 e. The van der Waals surface area contributed by atoms with Gasteiger partial charge in [0.15, 0.2) is 0 Å². The summed E-state index contributed by atoms with van der Waals surface area (Å²) in [6, 6.07) is 0.451. The summed E-state index contributed by atoms with van der Waals surface area (Å²) in [6.45, 7) is 1.50. The van der Waals surface area contributed by atoms with Crippen LogP contribution in [0.15, 0.2) is 17.3 Å². The summed E-state index contributed by atoms with van der Waals surface area (Å²) >= 11 is 0. The summed E-state index contributed by atoms with van der Waals surface area (Å²) in [5, 5.41) is 9.43. The van der Waals surface area contributed by atoms with Gasteiger partial charge in [-0.2, -0.15) is 5.10 Å². The van der Waals surface area contributed by atoms with E-state index in [-0.39, 0.29) is 4.90 Å². The highest BCUT2D eigenvalue weighted by Gasteiger charge is 2.17. The van der Waals surface area contributed by atoms with Gasteiger partial charge in [-0.3, -0.25) is 5.10 Å². The van der Waals surface area contributed by atoms with Crippen LogP contribution in [0.1, 0.15) is 19.3 Å². The molecule has 1 aliphatic heterocycles. The average molecular weight is 244 g/mol. The second-order valence-corrected chi connectivity index (χ2v) is 5.68. The highest BCUT2D eigenvalue weighted by molar-refractivity contribution is 7.89. The van der Waals surface area contributed by atoms with Gasteiger partial charge in [0.05, 0.1) is 6.20 Å². The molecule has 6 nitrogen and oxygen atoms in total. The highest BCUT2D eigenvalue weighted by Crippen LogP contribution is 2.09. The Bertz CT molecular complexity index is 409. The van der Waals surface area contributed by atoms with E-state index in [0.717, 1.165) is 19.4 Å². The maximum atomic E-state index is 11.7. The molecular weight excluding hydrogens is 228 g/mol. The fraction of sp³-hybridized carbons (Fsp3) is 0.667. The van der Waals surface area contributed by atoms with Crippen molar-refractivity contribution >= 4 is 10.0 Å². The lowest BCUT2D eigenvalue weighted by Crippen LogP contribution is -2.30. The second kappa shape index (κ2) is 4.94. The summed E-state index contributed by atoms with van der Waals surface area (Å²) in [5.41, 5.74) is 0. The third-order valence-electron chi connectivity index (χ3n) is 2.73. The van der Waals surface area contributed by atoms with Gasteiger partial charge in [-0.15, -0.1) is 0 Å². The van der Waals surface area contributed by atoms with E-state index in [1.165, 1.54) is 18.8 Å². The second-order valence-electron chi connectivity index (χ2n) is 3.91. The molecule has 1 aromatic rings. The first kappa shape index (κ1) is 11.6. The first-order chi connectivity index (χ1) is 7.68. The topological polar surface area (TPSA) is 86.9 Å². The Balaban J connectivity index is 1.81. The number of aromatic amines is 1. The van der Waals surface area contributed by atoms with Gasteiger partial charge in [0.1, 0.15) is 4.90 Å². The lowest BCUT2D eigenvalue weighted by molar-refractivity contribution is 0.539. The van der Waals surface area contributed by atoms with Crippen molar-refractivity contribution in [2.45, 2.75) is 30.2 Å². The molecule has 1 atom stereocenters. The van der Waals surface area contributed by atoms with Crippen LogP contribution in [-0.4, -0.2) is 37.7 Å². The number of nitrogens with one attached hydrogen (secondary N) is 3. The van der Waals surface area contributed by atoms with Gasteiger partial charge in [-0.1, -0.05) is 0 Å². The van der Waals surface area contributed by atoms with E-state index >= 15 is 0 Å². The summed E-state index contributed by atoms with van der Waals surface area (Å²) in [4.78, 5) is 0.187. The van der Waals surface area contributed by atoms with Crippen molar-refractivity contribution in [2.75, 3.05) is 13.1 Å². The average Bonchev–Trinajstić information content (AvgIpc) is 2.90. The number of hydrogen-bond acceptors (Lipinski definition) is 4. The molecule has 90 valence electrons. The number of sulfonamides is 1. The van der Waals surface area contributed by atoms with E-state index in [9.17, 15) is 8.42 Å². The Morgan fingerprint density at radius 1 is 1.56 bits per heavy atom. The Labute approximate surface area is 94.9 Å². The van der Waals surface area contributed by atoms with Crippen LogP contribution in [0.3, 0.4) is 0 Å².